The fourth-order valence-corrected chi connectivity index (χ4v) is 3.31. The molecule has 0 unspecified atom stereocenters. The molecule has 0 amide bonds. The van der Waals surface area contributed by atoms with Crippen LogP contribution in [0.15, 0.2) is 54.6 Å². The van der Waals surface area contributed by atoms with Crippen LogP contribution in [0.2, 0.25) is 0 Å². The minimum absolute atomic E-state index is 0.0693. The molecule has 0 atom stereocenters. The van der Waals surface area contributed by atoms with Gasteiger partial charge in [-0.05, 0) is 50.3 Å². The van der Waals surface area contributed by atoms with E-state index in [-0.39, 0.29) is 5.75 Å². The number of hydrogen-bond donors (Lipinski definition) is 2. The largest absolute Gasteiger partial charge is 0.384 e. The number of nitrogens with one attached hydrogen (secondary N) is 2. The first-order valence-corrected chi connectivity index (χ1v) is 9.63. The van der Waals surface area contributed by atoms with Gasteiger partial charge in [0.1, 0.15) is 0 Å². The summed E-state index contributed by atoms with van der Waals surface area (Å²) < 4.78 is 27.0. The Labute approximate surface area is 144 Å². The van der Waals surface area contributed by atoms with Gasteiger partial charge in [-0.15, -0.1) is 0 Å². The SMILES string of the molecule is CN(C)CCNc1ccc(NS(=O)(=O)CCc2ccccc2)cc1. The Morgan fingerprint density at radius 3 is 2.17 bits per heavy atom. The maximum atomic E-state index is 12.2. The molecule has 2 aromatic rings. The van der Waals surface area contributed by atoms with Gasteiger partial charge in [-0.1, -0.05) is 30.3 Å². The lowest BCUT2D eigenvalue weighted by Crippen LogP contribution is -2.20. The first kappa shape index (κ1) is 18.3. The van der Waals surface area contributed by atoms with E-state index in [1.165, 1.54) is 0 Å². The fraction of sp³-hybridized carbons (Fsp3) is 0.333. The highest BCUT2D eigenvalue weighted by molar-refractivity contribution is 7.92. The summed E-state index contributed by atoms with van der Waals surface area (Å²) in [7, 11) is 0.695. The van der Waals surface area contributed by atoms with E-state index in [0.29, 0.717) is 12.1 Å². The van der Waals surface area contributed by atoms with E-state index in [4.69, 9.17) is 0 Å². The number of anilines is 2. The standard InChI is InChI=1S/C18H25N3O2S/c1-21(2)14-13-19-17-8-10-18(11-9-17)20-24(22,23)15-12-16-6-4-3-5-7-16/h3-11,19-20H,12-15H2,1-2H3. The van der Waals surface area contributed by atoms with Crippen LogP contribution < -0.4 is 10.0 Å². The number of benzene rings is 2. The predicted molar refractivity (Wildman–Crippen MR) is 101 cm³/mol. The summed E-state index contributed by atoms with van der Waals surface area (Å²) in [4.78, 5) is 2.10. The maximum absolute atomic E-state index is 12.2. The van der Waals surface area contributed by atoms with Gasteiger partial charge >= 0.3 is 0 Å². The zero-order chi connectivity index (χ0) is 17.4. The van der Waals surface area contributed by atoms with E-state index in [1.54, 1.807) is 12.1 Å². The zero-order valence-electron chi connectivity index (χ0n) is 14.2. The molecule has 130 valence electrons. The molecule has 2 aromatic carbocycles. The van der Waals surface area contributed by atoms with Gasteiger partial charge in [0.25, 0.3) is 0 Å². The van der Waals surface area contributed by atoms with Crippen molar-refractivity contribution < 1.29 is 8.42 Å². The Bertz CT molecular complexity index is 714. The third-order valence-electron chi connectivity index (χ3n) is 3.55. The lowest BCUT2D eigenvalue weighted by atomic mass is 10.2. The lowest BCUT2D eigenvalue weighted by Gasteiger charge is -2.12. The minimum Gasteiger partial charge on any atom is -0.384 e. The molecule has 0 heterocycles. The number of sulfonamides is 1. The predicted octanol–water partition coefficient (Wildman–Crippen LogP) is 2.64. The number of nitrogens with zero attached hydrogens (tertiary/aromatic N) is 1. The molecular weight excluding hydrogens is 322 g/mol. The summed E-state index contributed by atoms with van der Waals surface area (Å²) >= 11 is 0. The summed E-state index contributed by atoms with van der Waals surface area (Å²) in [6, 6.07) is 16.9. The summed E-state index contributed by atoms with van der Waals surface area (Å²) in [5.74, 6) is 0.0693. The maximum Gasteiger partial charge on any atom is 0.233 e. The van der Waals surface area contributed by atoms with Gasteiger partial charge in [0.15, 0.2) is 0 Å². The molecule has 0 fully saturated rings. The van der Waals surface area contributed by atoms with Crippen LogP contribution in [0.1, 0.15) is 5.56 Å². The van der Waals surface area contributed by atoms with E-state index < -0.39 is 10.0 Å². The van der Waals surface area contributed by atoms with Crippen LogP contribution >= 0.6 is 0 Å². The zero-order valence-corrected chi connectivity index (χ0v) is 15.0. The number of rotatable bonds is 9. The van der Waals surface area contributed by atoms with Gasteiger partial charge in [-0.2, -0.15) is 0 Å². The second-order valence-corrected chi connectivity index (χ2v) is 7.81. The Morgan fingerprint density at radius 1 is 0.917 bits per heavy atom. The molecule has 24 heavy (non-hydrogen) atoms. The van der Waals surface area contributed by atoms with Crippen molar-refractivity contribution in [1.29, 1.82) is 0 Å². The van der Waals surface area contributed by atoms with Crippen molar-refractivity contribution in [1.82, 2.24) is 4.90 Å². The Kier molecular flexibility index (Phi) is 6.63. The van der Waals surface area contributed by atoms with Crippen LogP contribution in [-0.4, -0.2) is 46.3 Å². The van der Waals surface area contributed by atoms with Gasteiger partial charge in [0, 0.05) is 24.5 Å². The van der Waals surface area contributed by atoms with Crippen molar-refractivity contribution in [3.05, 3.63) is 60.2 Å². The Morgan fingerprint density at radius 2 is 1.54 bits per heavy atom. The van der Waals surface area contributed by atoms with E-state index >= 15 is 0 Å². The van der Waals surface area contributed by atoms with Crippen LogP contribution in [0.4, 0.5) is 11.4 Å². The molecular formula is C18H25N3O2S. The van der Waals surface area contributed by atoms with Crippen molar-refractivity contribution in [3.8, 4) is 0 Å². The molecule has 0 aliphatic heterocycles. The molecule has 0 aromatic heterocycles. The average molecular weight is 347 g/mol. The normalized spacial score (nSPS) is 11.5. The summed E-state index contributed by atoms with van der Waals surface area (Å²) in [6.45, 7) is 1.78. The van der Waals surface area contributed by atoms with Crippen molar-refractivity contribution in [2.45, 2.75) is 6.42 Å². The monoisotopic (exact) mass is 347 g/mol. The van der Waals surface area contributed by atoms with Crippen molar-refractivity contribution in [2.75, 3.05) is 43.0 Å². The summed E-state index contributed by atoms with van der Waals surface area (Å²) in [6.07, 6.45) is 0.500. The smallest absolute Gasteiger partial charge is 0.233 e. The average Bonchev–Trinajstić information content (AvgIpc) is 2.55. The Hall–Kier alpha value is -2.05. The van der Waals surface area contributed by atoms with Gasteiger partial charge in [-0.25, -0.2) is 8.42 Å². The molecule has 0 spiro atoms. The molecule has 0 saturated carbocycles. The van der Waals surface area contributed by atoms with E-state index in [9.17, 15) is 8.42 Å². The second-order valence-electron chi connectivity index (χ2n) is 5.96. The number of hydrogen-bond acceptors (Lipinski definition) is 4. The molecule has 5 nitrogen and oxygen atoms in total. The van der Waals surface area contributed by atoms with Crippen molar-refractivity contribution >= 4 is 21.4 Å². The first-order valence-electron chi connectivity index (χ1n) is 7.98. The lowest BCUT2D eigenvalue weighted by molar-refractivity contribution is 0.425. The van der Waals surface area contributed by atoms with Crippen LogP contribution in [0.5, 0.6) is 0 Å². The molecule has 6 heteroatoms. The fourth-order valence-electron chi connectivity index (χ4n) is 2.21. The highest BCUT2D eigenvalue weighted by Crippen LogP contribution is 2.15. The van der Waals surface area contributed by atoms with Gasteiger partial charge in [0.2, 0.25) is 10.0 Å². The van der Waals surface area contributed by atoms with Crippen LogP contribution in [0.3, 0.4) is 0 Å². The van der Waals surface area contributed by atoms with Crippen LogP contribution in [0.25, 0.3) is 0 Å². The van der Waals surface area contributed by atoms with Crippen LogP contribution in [-0.2, 0) is 16.4 Å². The molecule has 2 rings (SSSR count). The van der Waals surface area contributed by atoms with Gasteiger partial charge < -0.3 is 10.2 Å². The molecule has 0 aliphatic carbocycles. The number of likely N-dealkylation sites (N-methyl/N-ethyl adjacent to an activating group) is 1. The number of aryl methyl sites for hydroxylation is 1. The second kappa shape index (κ2) is 8.70. The first-order chi connectivity index (χ1) is 11.4. The van der Waals surface area contributed by atoms with Crippen molar-refractivity contribution in [3.63, 3.8) is 0 Å². The molecule has 0 saturated heterocycles. The quantitative estimate of drug-likeness (QED) is 0.732. The topological polar surface area (TPSA) is 61.4 Å². The third kappa shape index (κ3) is 6.60. The molecule has 0 aliphatic rings. The van der Waals surface area contributed by atoms with Crippen molar-refractivity contribution in [2.24, 2.45) is 0 Å². The minimum atomic E-state index is -3.35. The highest BCUT2D eigenvalue weighted by Gasteiger charge is 2.10. The van der Waals surface area contributed by atoms with Gasteiger partial charge in [0.05, 0.1) is 5.75 Å². The van der Waals surface area contributed by atoms with Gasteiger partial charge in [-0.3, -0.25) is 4.72 Å². The van der Waals surface area contributed by atoms with E-state index in [1.807, 2.05) is 56.6 Å². The molecule has 2 N–H and O–H groups in total. The highest BCUT2D eigenvalue weighted by atomic mass is 32.2. The Balaban J connectivity index is 1.85. The summed E-state index contributed by atoms with van der Waals surface area (Å²) in [5, 5.41) is 3.29. The molecule has 0 radical (unpaired) electrons. The third-order valence-corrected chi connectivity index (χ3v) is 4.84. The molecule has 0 bridgehead atoms. The van der Waals surface area contributed by atoms with E-state index in [0.717, 1.165) is 24.3 Å². The summed E-state index contributed by atoms with van der Waals surface area (Å²) in [5.41, 5.74) is 2.58. The van der Waals surface area contributed by atoms with E-state index in [2.05, 4.69) is 14.9 Å². The van der Waals surface area contributed by atoms with Crippen LogP contribution in [0, 0.1) is 0 Å².